The summed E-state index contributed by atoms with van der Waals surface area (Å²) < 4.78 is 0. The van der Waals surface area contributed by atoms with Crippen molar-refractivity contribution < 1.29 is 0 Å². The van der Waals surface area contributed by atoms with E-state index in [9.17, 15) is 0 Å². The monoisotopic (exact) mass is 251 g/mol. The Bertz CT molecular complexity index is 470. The van der Waals surface area contributed by atoms with Crippen LogP contribution in [0.2, 0.25) is 0 Å². The van der Waals surface area contributed by atoms with Crippen LogP contribution in [0.25, 0.3) is 0 Å². The molecule has 1 aromatic heterocycles. The number of nitrogens with one attached hydrogen (secondary N) is 1. The molecule has 0 unspecified atom stereocenters. The van der Waals surface area contributed by atoms with E-state index in [4.69, 9.17) is 11.6 Å². The smallest absolute Gasteiger partial charge is 0.0537 e. The van der Waals surface area contributed by atoms with Crippen LogP contribution in [0.15, 0.2) is 29.0 Å². The fourth-order valence-electron chi connectivity index (χ4n) is 1.68. The molecule has 0 saturated heterocycles. The molecule has 0 atom stereocenters. The van der Waals surface area contributed by atoms with Gasteiger partial charge < -0.3 is 5.32 Å². The highest BCUT2D eigenvalue weighted by atomic mass is 35.5. The fourth-order valence-corrected chi connectivity index (χ4v) is 2.78. The van der Waals surface area contributed by atoms with Gasteiger partial charge >= 0.3 is 0 Å². The maximum absolute atomic E-state index is 5.89. The second kappa shape index (κ2) is 4.89. The van der Waals surface area contributed by atoms with Crippen molar-refractivity contribution in [3.8, 4) is 0 Å². The molecule has 0 bridgehead atoms. The first-order chi connectivity index (χ1) is 7.72. The van der Waals surface area contributed by atoms with Crippen LogP contribution in [0.3, 0.4) is 0 Å². The number of alkyl halides is 1. The van der Waals surface area contributed by atoms with E-state index in [1.165, 1.54) is 16.8 Å². The zero-order valence-corrected chi connectivity index (χ0v) is 11.0. The van der Waals surface area contributed by atoms with Gasteiger partial charge in [-0.05, 0) is 30.4 Å². The SMILES string of the molecule is Cc1cccc(C)c1Nc1cscc1CCl. The number of thiophene rings is 1. The molecule has 1 N–H and O–H groups in total. The van der Waals surface area contributed by atoms with Gasteiger partial charge in [-0.3, -0.25) is 0 Å². The zero-order chi connectivity index (χ0) is 11.5. The summed E-state index contributed by atoms with van der Waals surface area (Å²) in [5.74, 6) is 0.552. The van der Waals surface area contributed by atoms with Gasteiger partial charge in [-0.15, -0.1) is 22.9 Å². The van der Waals surface area contributed by atoms with Gasteiger partial charge in [0.1, 0.15) is 0 Å². The van der Waals surface area contributed by atoms with E-state index < -0.39 is 0 Å². The molecule has 1 aromatic carbocycles. The summed E-state index contributed by atoms with van der Waals surface area (Å²) in [6, 6.07) is 6.30. The normalized spacial score (nSPS) is 10.4. The predicted octanol–water partition coefficient (Wildman–Crippen LogP) is 4.85. The van der Waals surface area contributed by atoms with Gasteiger partial charge in [0.25, 0.3) is 0 Å². The molecular weight excluding hydrogens is 238 g/mol. The quantitative estimate of drug-likeness (QED) is 0.769. The number of halogens is 1. The molecule has 0 fully saturated rings. The van der Waals surface area contributed by atoms with Gasteiger partial charge in [0.2, 0.25) is 0 Å². The Morgan fingerprint density at radius 1 is 1.19 bits per heavy atom. The first-order valence-corrected chi connectivity index (χ1v) is 6.64. The standard InChI is InChI=1S/C13H14ClNS/c1-9-4-3-5-10(2)13(9)15-12-8-16-7-11(12)6-14/h3-5,7-8,15H,6H2,1-2H3. The Kier molecular flexibility index (Phi) is 3.52. The van der Waals surface area contributed by atoms with Gasteiger partial charge in [0, 0.05) is 16.6 Å². The van der Waals surface area contributed by atoms with E-state index in [1.807, 2.05) is 0 Å². The van der Waals surface area contributed by atoms with Crippen LogP contribution in [-0.2, 0) is 5.88 Å². The average Bonchev–Trinajstić information content (AvgIpc) is 2.71. The van der Waals surface area contributed by atoms with Crippen LogP contribution in [0.1, 0.15) is 16.7 Å². The van der Waals surface area contributed by atoms with Crippen molar-refractivity contribution in [3.63, 3.8) is 0 Å². The van der Waals surface area contributed by atoms with E-state index in [0.717, 1.165) is 11.3 Å². The molecule has 16 heavy (non-hydrogen) atoms. The Morgan fingerprint density at radius 3 is 2.50 bits per heavy atom. The molecule has 0 aliphatic heterocycles. The van der Waals surface area contributed by atoms with Crippen LogP contribution in [0.4, 0.5) is 11.4 Å². The third kappa shape index (κ3) is 2.23. The highest BCUT2D eigenvalue weighted by Crippen LogP contribution is 2.29. The largest absolute Gasteiger partial charge is 0.354 e. The van der Waals surface area contributed by atoms with Crippen LogP contribution in [0.5, 0.6) is 0 Å². The summed E-state index contributed by atoms with van der Waals surface area (Å²) >= 11 is 7.56. The first-order valence-electron chi connectivity index (χ1n) is 5.16. The molecule has 1 heterocycles. The molecule has 0 spiro atoms. The third-order valence-electron chi connectivity index (χ3n) is 2.63. The molecule has 2 aromatic rings. The number of rotatable bonds is 3. The van der Waals surface area contributed by atoms with Gasteiger partial charge in [-0.1, -0.05) is 18.2 Å². The van der Waals surface area contributed by atoms with Crippen molar-refractivity contribution in [2.45, 2.75) is 19.7 Å². The predicted molar refractivity (Wildman–Crippen MR) is 73.1 cm³/mol. The Balaban J connectivity index is 2.34. The summed E-state index contributed by atoms with van der Waals surface area (Å²) in [6.45, 7) is 4.23. The van der Waals surface area contributed by atoms with E-state index in [2.05, 4.69) is 48.1 Å². The molecule has 1 nitrogen and oxygen atoms in total. The maximum atomic E-state index is 5.89. The van der Waals surface area contributed by atoms with Gasteiger partial charge in [-0.2, -0.15) is 0 Å². The highest BCUT2D eigenvalue weighted by Gasteiger charge is 2.06. The lowest BCUT2D eigenvalue weighted by molar-refractivity contribution is 1.34. The summed E-state index contributed by atoms with van der Waals surface area (Å²) in [6.07, 6.45) is 0. The van der Waals surface area contributed by atoms with Crippen LogP contribution >= 0.6 is 22.9 Å². The summed E-state index contributed by atoms with van der Waals surface area (Å²) in [5, 5.41) is 7.65. The zero-order valence-electron chi connectivity index (χ0n) is 9.38. The summed E-state index contributed by atoms with van der Waals surface area (Å²) in [5.41, 5.74) is 5.98. The van der Waals surface area contributed by atoms with Crippen LogP contribution in [0, 0.1) is 13.8 Å². The lowest BCUT2D eigenvalue weighted by atomic mass is 10.1. The fraction of sp³-hybridized carbons (Fsp3) is 0.231. The van der Waals surface area contributed by atoms with Gasteiger partial charge in [0.15, 0.2) is 0 Å². The van der Waals surface area contributed by atoms with Gasteiger partial charge in [0.05, 0.1) is 11.6 Å². The number of hydrogen-bond donors (Lipinski definition) is 1. The van der Waals surface area contributed by atoms with Gasteiger partial charge in [-0.25, -0.2) is 0 Å². The number of para-hydroxylation sites is 1. The second-order valence-corrected chi connectivity index (χ2v) is 4.85. The molecule has 0 aliphatic rings. The Labute approximate surface area is 105 Å². The van der Waals surface area contributed by atoms with Crippen molar-refractivity contribution >= 4 is 34.3 Å². The average molecular weight is 252 g/mol. The van der Waals surface area contributed by atoms with E-state index in [1.54, 1.807) is 11.3 Å². The van der Waals surface area contributed by atoms with E-state index in [0.29, 0.717) is 5.88 Å². The van der Waals surface area contributed by atoms with E-state index >= 15 is 0 Å². The minimum Gasteiger partial charge on any atom is -0.354 e. The maximum Gasteiger partial charge on any atom is 0.0537 e. The highest BCUT2D eigenvalue weighted by molar-refractivity contribution is 7.08. The van der Waals surface area contributed by atoms with Crippen molar-refractivity contribution in [3.05, 3.63) is 45.6 Å². The first kappa shape index (κ1) is 11.5. The molecule has 0 amide bonds. The van der Waals surface area contributed by atoms with E-state index in [-0.39, 0.29) is 0 Å². The lowest BCUT2D eigenvalue weighted by Gasteiger charge is -2.12. The Hall–Kier alpha value is -0.990. The minimum absolute atomic E-state index is 0.552. The molecule has 3 heteroatoms. The Morgan fingerprint density at radius 2 is 1.88 bits per heavy atom. The molecule has 2 rings (SSSR count). The summed E-state index contributed by atoms with van der Waals surface area (Å²) in [7, 11) is 0. The molecule has 0 saturated carbocycles. The van der Waals surface area contributed by atoms with Crippen molar-refractivity contribution in [1.82, 2.24) is 0 Å². The second-order valence-electron chi connectivity index (χ2n) is 3.84. The number of aryl methyl sites for hydroxylation is 2. The molecule has 84 valence electrons. The molecule has 0 aliphatic carbocycles. The van der Waals surface area contributed by atoms with Crippen molar-refractivity contribution in [1.29, 1.82) is 0 Å². The van der Waals surface area contributed by atoms with Crippen LogP contribution < -0.4 is 5.32 Å². The number of hydrogen-bond acceptors (Lipinski definition) is 2. The van der Waals surface area contributed by atoms with Crippen molar-refractivity contribution in [2.75, 3.05) is 5.32 Å². The lowest BCUT2D eigenvalue weighted by Crippen LogP contribution is -1.96. The third-order valence-corrected chi connectivity index (χ3v) is 3.71. The molecule has 0 radical (unpaired) electrons. The summed E-state index contributed by atoms with van der Waals surface area (Å²) in [4.78, 5) is 0. The van der Waals surface area contributed by atoms with Crippen molar-refractivity contribution in [2.24, 2.45) is 0 Å². The number of anilines is 2. The van der Waals surface area contributed by atoms with Crippen LogP contribution in [-0.4, -0.2) is 0 Å². The number of benzene rings is 1. The topological polar surface area (TPSA) is 12.0 Å². The minimum atomic E-state index is 0.552. The molecular formula is C13H14ClNS.